The Hall–Kier alpha value is -1.14. The third kappa shape index (κ3) is 3.28. The second-order valence-electron chi connectivity index (χ2n) is 5.26. The van der Waals surface area contributed by atoms with E-state index in [-0.39, 0.29) is 5.75 Å². The molecule has 0 aliphatic carbocycles. The molecule has 1 unspecified atom stereocenters. The van der Waals surface area contributed by atoms with Gasteiger partial charge in [-0.2, -0.15) is 0 Å². The fraction of sp³-hybridized carbons (Fsp3) is 0.333. The number of aromatic nitrogens is 1. The molecule has 0 saturated heterocycles. The summed E-state index contributed by atoms with van der Waals surface area (Å²) >= 11 is 0. The van der Waals surface area contributed by atoms with Crippen LogP contribution in [-0.4, -0.2) is 62.6 Å². The molecule has 2 aromatic rings. The first-order valence-electron chi connectivity index (χ1n) is 6.40. The van der Waals surface area contributed by atoms with E-state index in [1.807, 2.05) is 0 Å². The van der Waals surface area contributed by atoms with E-state index in [1.54, 1.807) is 37.3 Å². The summed E-state index contributed by atoms with van der Waals surface area (Å²) in [7, 11) is 16.9. The molecule has 0 amide bonds. The Balaban J connectivity index is 2.59. The summed E-state index contributed by atoms with van der Waals surface area (Å²) < 4.78 is 15.9. The standard InChI is InChI=1S/C12H14B3N2O4P/c1-17(2)12(14,15)11(13)7-6-16-8-4-3-5-9(10(7)8)21-22(18,19)20/h3-6,11,16H,1-2H3,(H2,18,19,20). The molecule has 3 N–H and O–H groups in total. The molecule has 0 saturated carbocycles. The average molecular weight is 314 g/mol. The van der Waals surface area contributed by atoms with E-state index in [2.05, 4.69) is 4.98 Å². The Labute approximate surface area is 132 Å². The fourth-order valence-electron chi connectivity index (χ4n) is 2.15. The Morgan fingerprint density at radius 1 is 1.36 bits per heavy atom. The third-order valence-corrected chi connectivity index (χ3v) is 3.96. The van der Waals surface area contributed by atoms with Gasteiger partial charge in [0.25, 0.3) is 0 Å². The molecule has 6 nitrogen and oxygen atoms in total. The number of nitrogens with zero attached hydrogens (tertiary/aromatic N) is 1. The Morgan fingerprint density at radius 3 is 2.55 bits per heavy atom. The molecule has 22 heavy (non-hydrogen) atoms. The Kier molecular flexibility index (Phi) is 4.55. The van der Waals surface area contributed by atoms with Crippen LogP contribution in [0, 0.1) is 0 Å². The van der Waals surface area contributed by atoms with Gasteiger partial charge in [-0.05, 0) is 37.6 Å². The number of fused-ring (bicyclic) bond motifs is 1. The van der Waals surface area contributed by atoms with Crippen molar-refractivity contribution in [2.45, 2.75) is 11.2 Å². The second-order valence-corrected chi connectivity index (χ2v) is 6.43. The lowest BCUT2D eigenvalue weighted by Gasteiger charge is -2.40. The molecule has 2 rings (SSSR count). The van der Waals surface area contributed by atoms with Crippen molar-refractivity contribution in [2.24, 2.45) is 0 Å². The molecule has 1 aromatic carbocycles. The monoisotopic (exact) mass is 314 g/mol. The zero-order chi connectivity index (χ0) is 16.7. The number of phosphoric ester groups is 1. The highest BCUT2D eigenvalue weighted by Crippen LogP contribution is 2.43. The van der Waals surface area contributed by atoms with Crippen LogP contribution in [0.4, 0.5) is 0 Å². The van der Waals surface area contributed by atoms with E-state index < -0.39 is 19.0 Å². The smallest absolute Gasteiger partial charge is 0.404 e. The van der Waals surface area contributed by atoms with Crippen molar-refractivity contribution in [3.05, 3.63) is 30.0 Å². The minimum absolute atomic E-state index is 0.00656. The van der Waals surface area contributed by atoms with Crippen LogP contribution in [-0.2, 0) is 4.57 Å². The molecule has 110 valence electrons. The fourth-order valence-corrected chi connectivity index (χ4v) is 2.56. The van der Waals surface area contributed by atoms with Gasteiger partial charge in [-0.3, -0.25) is 9.79 Å². The highest BCUT2D eigenvalue weighted by Gasteiger charge is 2.30. The summed E-state index contributed by atoms with van der Waals surface area (Å²) in [6.45, 7) is 0. The number of benzene rings is 1. The first kappa shape index (κ1) is 17.2. The van der Waals surface area contributed by atoms with Crippen molar-refractivity contribution in [1.82, 2.24) is 9.88 Å². The van der Waals surface area contributed by atoms with Crippen LogP contribution in [0.25, 0.3) is 10.9 Å². The number of aromatic amines is 1. The summed E-state index contributed by atoms with van der Waals surface area (Å²) in [5, 5.41) is -0.926. The van der Waals surface area contributed by atoms with Crippen molar-refractivity contribution in [2.75, 3.05) is 14.1 Å². The number of rotatable bonds is 5. The van der Waals surface area contributed by atoms with E-state index in [4.69, 9.17) is 37.8 Å². The van der Waals surface area contributed by atoms with Gasteiger partial charge >= 0.3 is 7.82 Å². The second kappa shape index (κ2) is 5.82. The van der Waals surface area contributed by atoms with E-state index >= 15 is 0 Å². The van der Waals surface area contributed by atoms with Crippen molar-refractivity contribution in [3.63, 3.8) is 0 Å². The zero-order valence-electron chi connectivity index (χ0n) is 12.2. The molecule has 1 heterocycles. The molecule has 0 aliphatic rings. The lowest BCUT2D eigenvalue weighted by atomic mass is 9.47. The van der Waals surface area contributed by atoms with E-state index in [0.717, 1.165) is 0 Å². The van der Waals surface area contributed by atoms with Gasteiger partial charge in [0.2, 0.25) is 0 Å². The zero-order valence-corrected chi connectivity index (χ0v) is 13.1. The maximum Gasteiger partial charge on any atom is 0.524 e. The van der Waals surface area contributed by atoms with Gasteiger partial charge in [0.1, 0.15) is 5.75 Å². The molecule has 0 aliphatic heterocycles. The van der Waals surface area contributed by atoms with E-state index in [1.165, 1.54) is 6.07 Å². The minimum atomic E-state index is -4.71. The van der Waals surface area contributed by atoms with Crippen molar-refractivity contribution in [1.29, 1.82) is 0 Å². The largest absolute Gasteiger partial charge is 0.524 e. The first-order valence-corrected chi connectivity index (χ1v) is 7.93. The summed E-state index contributed by atoms with van der Waals surface area (Å²) in [5.41, 5.74) is 1.10. The molecule has 6 radical (unpaired) electrons. The summed E-state index contributed by atoms with van der Waals surface area (Å²) in [5.74, 6) is -0.815. The number of likely N-dealkylation sites (N-methyl/N-ethyl adjacent to an activating group) is 1. The quantitative estimate of drug-likeness (QED) is 0.549. The molecule has 0 bridgehead atoms. The number of phosphoric acid groups is 1. The Bertz CT molecular complexity index is 728. The van der Waals surface area contributed by atoms with Crippen LogP contribution < -0.4 is 4.52 Å². The highest BCUT2D eigenvalue weighted by molar-refractivity contribution is 7.46. The summed E-state index contributed by atoms with van der Waals surface area (Å²) in [6.07, 6.45) is 1.60. The van der Waals surface area contributed by atoms with Gasteiger partial charge in [0, 0.05) is 17.1 Å². The van der Waals surface area contributed by atoms with Crippen molar-refractivity contribution in [3.8, 4) is 5.75 Å². The SMILES string of the molecule is [B]C(c1c[nH]c2cccc(OP(=O)(O)O)c12)C([B])([B])N(C)C. The molecular formula is C12H14B3N2O4P. The van der Waals surface area contributed by atoms with Crippen molar-refractivity contribution >= 4 is 42.3 Å². The number of nitrogens with one attached hydrogen (secondary N) is 1. The molecule has 10 heteroatoms. The van der Waals surface area contributed by atoms with Crippen LogP contribution in [0.2, 0.25) is 0 Å². The normalized spacial score (nSPS) is 14.4. The van der Waals surface area contributed by atoms with E-state index in [0.29, 0.717) is 16.5 Å². The third-order valence-electron chi connectivity index (χ3n) is 3.52. The van der Waals surface area contributed by atoms with Gasteiger partial charge < -0.3 is 14.4 Å². The van der Waals surface area contributed by atoms with Crippen LogP contribution in [0.5, 0.6) is 5.75 Å². The average Bonchev–Trinajstić information content (AvgIpc) is 2.80. The molecule has 0 spiro atoms. The van der Waals surface area contributed by atoms with Crippen LogP contribution in [0.15, 0.2) is 24.4 Å². The van der Waals surface area contributed by atoms with Gasteiger partial charge in [0.15, 0.2) is 0 Å². The molecule has 0 fully saturated rings. The lowest BCUT2D eigenvalue weighted by molar-refractivity contribution is 0.284. The van der Waals surface area contributed by atoms with Gasteiger partial charge in [-0.15, -0.1) is 0 Å². The Morgan fingerprint density at radius 2 is 2.00 bits per heavy atom. The predicted molar refractivity (Wildman–Crippen MR) is 87.4 cm³/mol. The first-order chi connectivity index (χ1) is 10.0. The minimum Gasteiger partial charge on any atom is -0.404 e. The maximum absolute atomic E-state index is 11.1. The highest BCUT2D eigenvalue weighted by atomic mass is 31.2. The predicted octanol–water partition coefficient (Wildman–Crippen LogP) is 0.401. The number of H-pyrrole nitrogens is 1. The van der Waals surface area contributed by atoms with Gasteiger partial charge in [-0.1, -0.05) is 11.4 Å². The van der Waals surface area contributed by atoms with Gasteiger partial charge in [0.05, 0.1) is 23.5 Å². The van der Waals surface area contributed by atoms with Crippen LogP contribution in [0.3, 0.4) is 0 Å². The van der Waals surface area contributed by atoms with Crippen LogP contribution >= 0.6 is 7.82 Å². The summed E-state index contributed by atoms with van der Waals surface area (Å²) in [4.78, 5) is 22.6. The van der Waals surface area contributed by atoms with Crippen LogP contribution in [0.1, 0.15) is 11.4 Å². The molecule has 1 atom stereocenters. The molecule has 1 aromatic heterocycles. The van der Waals surface area contributed by atoms with Gasteiger partial charge in [-0.25, -0.2) is 4.57 Å². The van der Waals surface area contributed by atoms with Crippen molar-refractivity contribution < 1.29 is 18.9 Å². The number of hydrogen-bond acceptors (Lipinski definition) is 3. The number of hydrogen-bond donors (Lipinski definition) is 3. The summed E-state index contributed by atoms with van der Waals surface area (Å²) in [6, 6.07) is 4.77. The lowest BCUT2D eigenvalue weighted by Crippen LogP contribution is -2.50. The topological polar surface area (TPSA) is 85.8 Å². The van der Waals surface area contributed by atoms with E-state index in [9.17, 15) is 4.57 Å². The maximum atomic E-state index is 11.1. The molecular weight excluding hydrogens is 300 g/mol.